The lowest BCUT2D eigenvalue weighted by atomic mass is 10.1. The van der Waals surface area contributed by atoms with Crippen molar-refractivity contribution >= 4 is 33.5 Å². The Bertz CT molecular complexity index is 611. The van der Waals surface area contributed by atoms with Crippen LogP contribution in [0.15, 0.2) is 27.2 Å². The van der Waals surface area contributed by atoms with Gasteiger partial charge in [-0.3, -0.25) is 0 Å². The standard InChI is InChI=1S/C11H7BrClNO4/c1-17-7-3-2-5(12)4-6(7)10-8(13)9(11(15)16)14-18-10/h2-4H,1H3,(H,15,16). The highest BCUT2D eigenvalue weighted by Crippen LogP contribution is 2.38. The van der Waals surface area contributed by atoms with Crippen LogP contribution in [0.2, 0.25) is 5.02 Å². The van der Waals surface area contributed by atoms with Gasteiger partial charge < -0.3 is 14.4 Å². The van der Waals surface area contributed by atoms with Crippen LogP contribution in [-0.2, 0) is 0 Å². The predicted octanol–water partition coefficient (Wildman–Crippen LogP) is 3.46. The molecule has 0 saturated carbocycles. The SMILES string of the molecule is COc1ccc(Br)cc1-c1onc(C(=O)O)c1Cl. The van der Waals surface area contributed by atoms with Gasteiger partial charge in [-0.25, -0.2) is 4.79 Å². The molecule has 0 aliphatic rings. The molecule has 0 bridgehead atoms. The third-order valence-electron chi connectivity index (χ3n) is 2.24. The monoisotopic (exact) mass is 331 g/mol. The van der Waals surface area contributed by atoms with Crippen LogP contribution in [-0.4, -0.2) is 23.3 Å². The van der Waals surface area contributed by atoms with Gasteiger partial charge in [0.05, 0.1) is 12.7 Å². The second kappa shape index (κ2) is 4.99. The Labute approximate surface area is 115 Å². The van der Waals surface area contributed by atoms with Crippen molar-refractivity contribution in [2.75, 3.05) is 7.11 Å². The number of halogens is 2. The van der Waals surface area contributed by atoms with Crippen molar-refractivity contribution in [3.63, 3.8) is 0 Å². The number of hydrogen-bond donors (Lipinski definition) is 1. The fourth-order valence-electron chi connectivity index (χ4n) is 1.44. The number of methoxy groups -OCH3 is 1. The van der Waals surface area contributed by atoms with E-state index in [0.717, 1.165) is 4.47 Å². The summed E-state index contributed by atoms with van der Waals surface area (Å²) in [5.74, 6) is -0.579. The molecule has 2 aromatic rings. The molecule has 1 aromatic heterocycles. The van der Waals surface area contributed by atoms with Gasteiger partial charge in [0.1, 0.15) is 10.8 Å². The van der Waals surface area contributed by atoms with E-state index >= 15 is 0 Å². The van der Waals surface area contributed by atoms with E-state index in [9.17, 15) is 4.79 Å². The van der Waals surface area contributed by atoms with Crippen LogP contribution in [0.1, 0.15) is 10.5 Å². The number of carboxylic acid groups (broad SMARTS) is 1. The minimum Gasteiger partial charge on any atom is -0.496 e. The second-order valence-corrected chi connectivity index (χ2v) is 4.62. The molecule has 1 aromatic carbocycles. The first kappa shape index (κ1) is 12.9. The summed E-state index contributed by atoms with van der Waals surface area (Å²) in [7, 11) is 1.50. The van der Waals surface area contributed by atoms with E-state index in [1.54, 1.807) is 18.2 Å². The molecule has 0 radical (unpaired) electrons. The molecule has 0 aliphatic heterocycles. The number of aromatic carboxylic acids is 1. The minimum atomic E-state index is -1.25. The minimum absolute atomic E-state index is 0.0566. The summed E-state index contributed by atoms with van der Waals surface area (Å²) in [5.41, 5.74) is 0.200. The number of rotatable bonds is 3. The Kier molecular flexibility index (Phi) is 3.58. The molecule has 1 heterocycles. The Morgan fingerprint density at radius 1 is 1.56 bits per heavy atom. The van der Waals surface area contributed by atoms with Crippen molar-refractivity contribution in [1.82, 2.24) is 5.16 Å². The molecule has 0 aliphatic carbocycles. The van der Waals surface area contributed by atoms with Crippen LogP contribution < -0.4 is 4.74 Å². The summed E-state index contributed by atoms with van der Waals surface area (Å²) < 4.78 is 10.9. The van der Waals surface area contributed by atoms with Crippen LogP contribution >= 0.6 is 27.5 Å². The number of carbonyl (C=O) groups is 1. The number of carboxylic acids is 1. The normalized spacial score (nSPS) is 10.4. The van der Waals surface area contributed by atoms with E-state index in [-0.39, 0.29) is 16.5 Å². The smallest absolute Gasteiger partial charge is 0.359 e. The average Bonchev–Trinajstić information content (AvgIpc) is 2.71. The van der Waals surface area contributed by atoms with Crippen molar-refractivity contribution in [2.45, 2.75) is 0 Å². The van der Waals surface area contributed by atoms with E-state index in [1.165, 1.54) is 7.11 Å². The highest BCUT2D eigenvalue weighted by Gasteiger charge is 2.23. The van der Waals surface area contributed by atoms with Crippen LogP contribution in [0, 0.1) is 0 Å². The zero-order valence-electron chi connectivity index (χ0n) is 9.11. The number of ether oxygens (including phenoxy) is 1. The van der Waals surface area contributed by atoms with Gasteiger partial charge in [0.15, 0.2) is 5.76 Å². The highest BCUT2D eigenvalue weighted by molar-refractivity contribution is 9.10. The van der Waals surface area contributed by atoms with Gasteiger partial charge in [-0.05, 0) is 18.2 Å². The van der Waals surface area contributed by atoms with Gasteiger partial charge in [0.2, 0.25) is 5.69 Å². The third-order valence-corrected chi connectivity index (χ3v) is 3.09. The summed E-state index contributed by atoms with van der Waals surface area (Å²) in [4.78, 5) is 10.8. The zero-order chi connectivity index (χ0) is 13.3. The fourth-order valence-corrected chi connectivity index (χ4v) is 2.05. The first-order valence-electron chi connectivity index (χ1n) is 4.77. The zero-order valence-corrected chi connectivity index (χ0v) is 11.4. The number of hydrogen-bond acceptors (Lipinski definition) is 4. The summed E-state index contributed by atoms with van der Waals surface area (Å²) in [6, 6.07) is 5.19. The Balaban J connectivity index is 2.61. The molecule has 0 atom stereocenters. The van der Waals surface area contributed by atoms with Gasteiger partial charge >= 0.3 is 5.97 Å². The molecule has 2 rings (SSSR count). The summed E-state index contributed by atoms with van der Waals surface area (Å²) in [6.45, 7) is 0. The topological polar surface area (TPSA) is 72.6 Å². The van der Waals surface area contributed by atoms with Crippen molar-refractivity contribution < 1.29 is 19.2 Å². The summed E-state index contributed by atoms with van der Waals surface area (Å²) >= 11 is 9.23. The van der Waals surface area contributed by atoms with Gasteiger partial charge in [-0.15, -0.1) is 0 Å². The molecule has 94 valence electrons. The summed E-state index contributed by atoms with van der Waals surface area (Å²) in [6.07, 6.45) is 0. The third kappa shape index (κ3) is 2.21. The van der Waals surface area contributed by atoms with Crippen molar-refractivity contribution in [1.29, 1.82) is 0 Å². The van der Waals surface area contributed by atoms with Gasteiger partial charge in [-0.2, -0.15) is 0 Å². The first-order valence-corrected chi connectivity index (χ1v) is 5.94. The van der Waals surface area contributed by atoms with Crippen LogP contribution in [0.25, 0.3) is 11.3 Å². The predicted molar refractivity (Wildman–Crippen MR) is 68.2 cm³/mol. The van der Waals surface area contributed by atoms with Crippen molar-refractivity contribution in [3.05, 3.63) is 33.4 Å². The molecular weight excluding hydrogens is 325 g/mol. The summed E-state index contributed by atoms with van der Waals surface area (Å²) in [5, 5.41) is 12.2. The molecule has 0 fully saturated rings. The van der Waals surface area contributed by atoms with Crippen LogP contribution in [0.4, 0.5) is 0 Å². The van der Waals surface area contributed by atoms with Crippen LogP contribution in [0.5, 0.6) is 5.75 Å². The molecule has 1 N–H and O–H groups in total. The molecule has 5 nitrogen and oxygen atoms in total. The van der Waals surface area contributed by atoms with Gasteiger partial charge in [-0.1, -0.05) is 32.7 Å². The van der Waals surface area contributed by atoms with Gasteiger partial charge in [0, 0.05) is 4.47 Å². The molecule has 0 saturated heterocycles. The second-order valence-electron chi connectivity index (χ2n) is 3.32. The van der Waals surface area contributed by atoms with Gasteiger partial charge in [0.25, 0.3) is 0 Å². The van der Waals surface area contributed by atoms with Crippen LogP contribution in [0.3, 0.4) is 0 Å². The largest absolute Gasteiger partial charge is 0.496 e. The highest BCUT2D eigenvalue weighted by atomic mass is 79.9. The lowest BCUT2D eigenvalue weighted by molar-refractivity contribution is 0.0686. The molecule has 0 amide bonds. The molecule has 0 unspecified atom stereocenters. The van der Waals surface area contributed by atoms with E-state index < -0.39 is 5.97 Å². The van der Waals surface area contributed by atoms with E-state index in [2.05, 4.69) is 21.1 Å². The Morgan fingerprint density at radius 2 is 2.28 bits per heavy atom. The quantitative estimate of drug-likeness (QED) is 0.932. The van der Waals surface area contributed by atoms with E-state index in [0.29, 0.717) is 11.3 Å². The lowest BCUT2D eigenvalue weighted by Gasteiger charge is -2.06. The Morgan fingerprint density at radius 3 is 2.83 bits per heavy atom. The molecule has 0 spiro atoms. The van der Waals surface area contributed by atoms with Crippen molar-refractivity contribution in [3.8, 4) is 17.1 Å². The molecular formula is C11H7BrClNO4. The van der Waals surface area contributed by atoms with E-state index in [4.69, 9.17) is 26.0 Å². The number of aromatic nitrogens is 1. The van der Waals surface area contributed by atoms with E-state index in [1.807, 2.05) is 0 Å². The molecule has 18 heavy (non-hydrogen) atoms. The maximum absolute atomic E-state index is 10.8. The Hall–Kier alpha value is -1.53. The van der Waals surface area contributed by atoms with Crippen molar-refractivity contribution in [2.24, 2.45) is 0 Å². The molecule has 7 heteroatoms. The lowest BCUT2D eigenvalue weighted by Crippen LogP contribution is -1.96. The first-order chi connectivity index (χ1) is 8.54. The average molecular weight is 333 g/mol. The fraction of sp³-hybridized carbons (Fsp3) is 0.0909. The number of nitrogens with zero attached hydrogens (tertiary/aromatic N) is 1. The maximum atomic E-state index is 10.8. The number of benzene rings is 1. The maximum Gasteiger partial charge on any atom is 0.359 e.